The third kappa shape index (κ3) is 4.85. The molecule has 0 bridgehead atoms. The molecule has 2 N–H and O–H groups in total. The number of sulfonamides is 1. The number of hydrogen-bond acceptors (Lipinski definition) is 3. The summed E-state index contributed by atoms with van der Waals surface area (Å²) in [6, 6.07) is 6.51. The second-order valence-electron chi connectivity index (χ2n) is 4.14. The summed E-state index contributed by atoms with van der Waals surface area (Å²) >= 11 is 0. The summed E-state index contributed by atoms with van der Waals surface area (Å²) < 4.78 is 24.8. The lowest BCUT2D eigenvalue weighted by molar-refractivity contribution is -0.137. The van der Waals surface area contributed by atoms with Crippen molar-refractivity contribution >= 4 is 16.0 Å². The fraction of sp³-hybridized carbons (Fsp3) is 0.417. The largest absolute Gasteiger partial charge is 0.481 e. The average Bonchev–Trinajstić information content (AvgIpc) is 2.26. The zero-order valence-corrected chi connectivity index (χ0v) is 11.2. The van der Waals surface area contributed by atoms with Crippen molar-refractivity contribution in [3.8, 4) is 0 Å². The summed E-state index contributed by atoms with van der Waals surface area (Å²) in [5, 5.41) is 8.81. The first-order valence-electron chi connectivity index (χ1n) is 5.59. The molecule has 1 aromatic carbocycles. The molecule has 0 fully saturated rings. The lowest BCUT2D eigenvalue weighted by Gasteiger charge is -2.16. The highest BCUT2D eigenvalue weighted by atomic mass is 32.2. The van der Waals surface area contributed by atoms with Crippen molar-refractivity contribution in [3.63, 3.8) is 0 Å². The minimum absolute atomic E-state index is 0.279. The van der Waals surface area contributed by atoms with Gasteiger partial charge in [0.15, 0.2) is 0 Å². The van der Waals surface area contributed by atoms with Crippen molar-refractivity contribution < 1.29 is 18.3 Å². The van der Waals surface area contributed by atoms with Crippen LogP contribution in [0.2, 0.25) is 0 Å². The number of aryl methyl sites for hydroxylation is 1. The zero-order chi connectivity index (χ0) is 13.8. The highest BCUT2D eigenvalue weighted by molar-refractivity contribution is 7.88. The number of benzene rings is 1. The quantitative estimate of drug-likeness (QED) is 0.817. The second kappa shape index (κ2) is 5.97. The summed E-state index contributed by atoms with van der Waals surface area (Å²) in [7, 11) is -3.45. The summed E-state index contributed by atoms with van der Waals surface area (Å²) in [5.41, 5.74) is 1.77. The van der Waals surface area contributed by atoms with Gasteiger partial charge in [-0.15, -0.1) is 0 Å². The van der Waals surface area contributed by atoms with Crippen LogP contribution in [-0.4, -0.2) is 25.7 Å². The van der Waals surface area contributed by atoms with Crippen molar-refractivity contribution in [2.24, 2.45) is 0 Å². The van der Waals surface area contributed by atoms with E-state index in [1.165, 1.54) is 0 Å². The van der Waals surface area contributed by atoms with Gasteiger partial charge in [0.05, 0.1) is 18.7 Å². The van der Waals surface area contributed by atoms with Crippen LogP contribution >= 0.6 is 0 Å². The highest BCUT2D eigenvalue weighted by Crippen LogP contribution is 2.18. The van der Waals surface area contributed by atoms with Crippen LogP contribution in [0.25, 0.3) is 0 Å². The molecule has 0 aliphatic carbocycles. The van der Waals surface area contributed by atoms with Gasteiger partial charge in [0.2, 0.25) is 10.0 Å². The number of carboxylic acid groups (broad SMARTS) is 1. The van der Waals surface area contributed by atoms with E-state index < -0.39 is 22.0 Å². The topological polar surface area (TPSA) is 83.5 Å². The first-order valence-corrected chi connectivity index (χ1v) is 7.49. The summed E-state index contributed by atoms with van der Waals surface area (Å²) in [5.74, 6) is -1.05. The maximum absolute atomic E-state index is 11.2. The third-order valence-electron chi connectivity index (χ3n) is 2.53. The van der Waals surface area contributed by atoms with Crippen molar-refractivity contribution in [2.45, 2.75) is 25.8 Å². The van der Waals surface area contributed by atoms with Crippen LogP contribution in [0.3, 0.4) is 0 Å². The van der Waals surface area contributed by atoms with Crippen molar-refractivity contribution in [1.82, 2.24) is 4.72 Å². The fourth-order valence-electron chi connectivity index (χ4n) is 1.65. The number of hydrogen-bond donors (Lipinski definition) is 2. The highest BCUT2D eigenvalue weighted by Gasteiger charge is 2.19. The van der Waals surface area contributed by atoms with Crippen LogP contribution in [0, 0.1) is 0 Å². The van der Waals surface area contributed by atoms with E-state index in [0.29, 0.717) is 5.56 Å². The van der Waals surface area contributed by atoms with Crippen LogP contribution in [0.15, 0.2) is 24.3 Å². The third-order valence-corrected chi connectivity index (χ3v) is 3.24. The zero-order valence-electron chi connectivity index (χ0n) is 10.4. The van der Waals surface area contributed by atoms with Crippen molar-refractivity contribution in [1.29, 1.82) is 0 Å². The molecule has 0 saturated carbocycles. The normalized spacial score (nSPS) is 13.2. The van der Waals surface area contributed by atoms with Crippen molar-refractivity contribution in [3.05, 3.63) is 35.4 Å². The predicted octanol–water partition coefficient (Wildman–Crippen LogP) is 1.31. The predicted molar refractivity (Wildman–Crippen MR) is 68.8 cm³/mol. The van der Waals surface area contributed by atoms with Gasteiger partial charge in [-0.25, -0.2) is 13.1 Å². The van der Waals surface area contributed by atoms with Gasteiger partial charge in [-0.2, -0.15) is 0 Å². The lowest BCUT2D eigenvalue weighted by atomic mass is 10.0. The molecule has 6 heteroatoms. The molecular weight excluding hydrogens is 254 g/mol. The lowest BCUT2D eigenvalue weighted by Crippen LogP contribution is -2.29. The number of carboxylic acids is 1. The van der Waals surface area contributed by atoms with E-state index in [1.807, 2.05) is 19.1 Å². The Morgan fingerprint density at radius 2 is 1.89 bits per heavy atom. The van der Waals surface area contributed by atoms with Crippen LogP contribution in [0.4, 0.5) is 0 Å². The molecule has 0 aliphatic heterocycles. The molecule has 18 heavy (non-hydrogen) atoms. The Balaban J connectivity index is 2.97. The monoisotopic (exact) mass is 271 g/mol. The van der Waals surface area contributed by atoms with E-state index in [1.54, 1.807) is 12.1 Å². The molecule has 0 saturated heterocycles. The Kier molecular flexibility index (Phi) is 4.86. The van der Waals surface area contributed by atoms with Gasteiger partial charge in [0, 0.05) is 0 Å². The smallest absolute Gasteiger partial charge is 0.305 e. The maximum Gasteiger partial charge on any atom is 0.305 e. The number of rotatable bonds is 6. The number of aliphatic carboxylic acids is 1. The first kappa shape index (κ1) is 14.7. The van der Waals surface area contributed by atoms with E-state index in [9.17, 15) is 13.2 Å². The van der Waals surface area contributed by atoms with E-state index in [-0.39, 0.29) is 6.42 Å². The van der Waals surface area contributed by atoms with Gasteiger partial charge in [-0.3, -0.25) is 4.79 Å². The SMILES string of the molecule is CCc1ccc(C(CC(=O)O)NS(C)(=O)=O)cc1. The minimum Gasteiger partial charge on any atom is -0.481 e. The molecule has 1 aromatic rings. The molecular formula is C12H17NO4S. The van der Waals surface area contributed by atoms with Gasteiger partial charge >= 0.3 is 5.97 Å². The molecule has 0 amide bonds. The first-order chi connectivity index (χ1) is 8.31. The average molecular weight is 271 g/mol. The Hall–Kier alpha value is -1.40. The van der Waals surface area contributed by atoms with E-state index in [2.05, 4.69) is 4.72 Å². The van der Waals surface area contributed by atoms with Gasteiger partial charge in [-0.05, 0) is 17.5 Å². The van der Waals surface area contributed by atoms with Gasteiger partial charge in [0.1, 0.15) is 0 Å². The van der Waals surface area contributed by atoms with Gasteiger partial charge in [0.25, 0.3) is 0 Å². The van der Waals surface area contributed by atoms with Crippen LogP contribution in [0.5, 0.6) is 0 Å². The number of carbonyl (C=O) groups is 1. The van der Waals surface area contributed by atoms with Crippen LogP contribution in [0.1, 0.15) is 30.5 Å². The number of nitrogens with one attached hydrogen (secondary N) is 1. The van der Waals surface area contributed by atoms with Crippen molar-refractivity contribution in [2.75, 3.05) is 6.26 Å². The fourth-order valence-corrected chi connectivity index (χ4v) is 2.38. The Labute approximate surface area is 107 Å². The molecule has 0 aliphatic rings. The standard InChI is InChI=1S/C12H17NO4S/c1-3-9-4-6-10(7-5-9)11(8-12(14)15)13-18(2,16)17/h4-7,11,13H,3,8H2,1-2H3,(H,14,15). The molecule has 0 heterocycles. The Bertz CT molecular complexity index is 507. The molecule has 100 valence electrons. The molecule has 5 nitrogen and oxygen atoms in total. The summed E-state index contributed by atoms with van der Waals surface area (Å²) in [4.78, 5) is 10.8. The summed E-state index contributed by atoms with van der Waals surface area (Å²) in [6.45, 7) is 2.01. The minimum atomic E-state index is -3.45. The van der Waals surface area contributed by atoms with Crippen LogP contribution in [-0.2, 0) is 21.2 Å². The second-order valence-corrected chi connectivity index (χ2v) is 5.92. The van der Waals surface area contributed by atoms with E-state index >= 15 is 0 Å². The van der Waals surface area contributed by atoms with E-state index in [4.69, 9.17) is 5.11 Å². The van der Waals surface area contributed by atoms with Crippen LogP contribution < -0.4 is 4.72 Å². The Morgan fingerprint density at radius 1 is 1.33 bits per heavy atom. The Morgan fingerprint density at radius 3 is 2.28 bits per heavy atom. The molecule has 0 radical (unpaired) electrons. The van der Waals surface area contributed by atoms with Gasteiger partial charge < -0.3 is 5.11 Å². The molecule has 0 aromatic heterocycles. The molecule has 0 spiro atoms. The van der Waals surface area contributed by atoms with E-state index in [0.717, 1.165) is 18.2 Å². The molecule has 1 rings (SSSR count). The van der Waals surface area contributed by atoms with Gasteiger partial charge in [-0.1, -0.05) is 31.2 Å². The molecule has 1 unspecified atom stereocenters. The maximum atomic E-state index is 11.2. The molecule has 1 atom stereocenters. The summed E-state index contributed by atoms with van der Waals surface area (Å²) in [6.07, 6.45) is 1.62.